The Kier molecular flexibility index (Phi) is 5.88. The minimum absolute atomic E-state index is 0.156. The second-order valence-corrected chi connectivity index (χ2v) is 5.82. The molecule has 21 heavy (non-hydrogen) atoms. The average Bonchev–Trinajstić information content (AvgIpc) is 2.71. The molecule has 1 amide bonds. The number of hydrogen-bond acceptors (Lipinski definition) is 3. The van der Waals surface area contributed by atoms with E-state index in [1.165, 1.54) is 5.56 Å². The van der Waals surface area contributed by atoms with E-state index in [2.05, 4.69) is 29.3 Å². The minimum atomic E-state index is 0.156. The fourth-order valence-corrected chi connectivity index (χ4v) is 2.98. The molecule has 0 saturated carbocycles. The maximum absolute atomic E-state index is 11.5. The van der Waals surface area contributed by atoms with Gasteiger partial charge in [0.25, 0.3) is 0 Å². The predicted octanol–water partition coefficient (Wildman–Crippen LogP) is 2.51. The summed E-state index contributed by atoms with van der Waals surface area (Å²) in [4.78, 5) is 15.7. The van der Waals surface area contributed by atoms with E-state index in [4.69, 9.17) is 11.6 Å². The number of benzene rings is 1. The molecule has 0 unspecified atom stereocenters. The third-order valence-corrected chi connectivity index (χ3v) is 4.18. The lowest BCUT2D eigenvalue weighted by Crippen LogP contribution is -2.33. The van der Waals surface area contributed by atoms with Gasteiger partial charge in [0.2, 0.25) is 5.91 Å². The number of nitrogens with zero attached hydrogens (tertiary/aromatic N) is 2. The summed E-state index contributed by atoms with van der Waals surface area (Å²) in [6.07, 6.45) is 0.981. The summed E-state index contributed by atoms with van der Waals surface area (Å²) in [6.45, 7) is 8.90. The van der Waals surface area contributed by atoms with E-state index in [0.717, 1.165) is 56.4 Å². The fourth-order valence-electron chi connectivity index (χ4n) is 2.66. The molecule has 1 aromatic carbocycles. The van der Waals surface area contributed by atoms with Gasteiger partial charge in [-0.1, -0.05) is 24.6 Å². The molecule has 0 aromatic heterocycles. The van der Waals surface area contributed by atoms with Gasteiger partial charge in [-0.2, -0.15) is 0 Å². The fraction of sp³-hybridized carbons (Fsp3) is 0.562. The normalized spacial score (nSPS) is 16.0. The lowest BCUT2D eigenvalue weighted by atomic mass is 10.2. The minimum Gasteiger partial charge on any atom is -0.368 e. The average molecular weight is 310 g/mol. The Labute approximate surface area is 132 Å². The monoisotopic (exact) mass is 309 g/mol. The summed E-state index contributed by atoms with van der Waals surface area (Å²) in [6, 6.07) is 6.25. The Balaban J connectivity index is 2.05. The van der Waals surface area contributed by atoms with Crippen molar-refractivity contribution in [1.82, 2.24) is 10.2 Å². The highest BCUT2D eigenvalue weighted by Gasteiger charge is 2.18. The van der Waals surface area contributed by atoms with Gasteiger partial charge in [0, 0.05) is 39.6 Å². The summed E-state index contributed by atoms with van der Waals surface area (Å²) in [7, 11) is 0. The van der Waals surface area contributed by atoms with Gasteiger partial charge >= 0.3 is 0 Å². The molecule has 116 valence electrons. The zero-order valence-corrected chi connectivity index (χ0v) is 13.6. The second kappa shape index (κ2) is 7.66. The number of carbonyl (C=O) groups is 1. The third kappa shape index (κ3) is 4.35. The van der Waals surface area contributed by atoms with Crippen LogP contribution >= 0.6 is 11.6 Å². The molecular formula is C16H24ClN3O. The van der Waals surface area contributed by atoms with E-state index < -0.39 is 0 Å². The number of hydrogen-bond donors (Lipinski definition) is 1. The molecule has 0 bridgehead atoms. The predicted molar refractivity (Wildman–Crippen MR) is 87.9 cm³/mol. The smallest absolute Gasteiger partial charge is 0.219 e. The van der Waals surface area contributed by atoms with Crippen LogP contribution in [0.1, 0.15) is 25.8 Å². The molecule has 5 heteroatoms. The summed E-state index contributed by atoms with van der Waals surface area (Å²) >= 11 is 6.44. The van der Waals surface area contributed by atoms with Crippen molar-refractivity contribution in [2.75, 3.05) is 37.6 Å². The first-order chi connectivity index (χ1) is 10.1. The highest BCUT2D eigenvalue weighted by atomic mass is 35.5. The highest BCUT2D eigenvalue weighted by Crippen LogP contribution is 2.27. The molecule has 1 aromatic rings. The van der Waals surface area contributed by atoms with Crippen LogP contribution < -0.4 is 10.2 Å². The molecule has 0 atom stereocenters. The van der Waals surface area contributed by atoms with E-state index in [0.29, 0.717) is 0 Å². The van der Waals surface area contributed by atoms with Crippen LogP contribution in [0.2, 0.25) is 5.02 Å². The van der Waals surface area contributed by atoms with Crippen LogP contribution in [-0.2, 0) is 11.3 Å². The summed E-state index contributed by atoms with van der Waals surface area (Å²) in [5, 5.41) is 4.10. The van der Waals surface area contributed by atoms with E-state index in [9.17, 15) is 4.79 Å². The molecule has 1 heterocycles. The molecule has 1 N–H and O–H groups in total. The van der Waals surface area contributed by atoms with Gasteiger partial charge in [0.15, 0.2) is 0 Å². The van der Waals surface area contributed by atoms with Crippen LogP contribution in [0, 0.1) is 0 Å². The van der Waals surface area contributed by atoms with Crippen LogP contribution in [-0.4, -0.2) is 43.5 Å². The summed E-state index contributed by atoms with van der Waals surface area (Å²) < 4.78 is 0. The molecule has 0 spiro atoms. The molecule has 1 saturated heterocycles. The Bertz CT molecular complexity index is 492. The quantitative estimate of drug-likeness (QED) is 0.928. The van der Waals surface area contributed by atoms with Crippen molar-refractivity contribution in [1.29, 1.82) is 0 Å². The maximum atomic E-state index is 11.5. The van der Waals surface area contributed by atoms with Gasteiger partial charge in [-0.15, -0.1) is 0 Å². The number of carbonyl (C=O) groups excluding carboxylic acids is 1. The summed E-state index contributed by atoms with van der Waals surface area (Å²) in [5.74, 6) is 0.156. The van der Waals surface area contributed by atoms with Crippen molar-refractivity contribution in [2.24, 2.45) is 0 Å². The number of rotatable bonds is 4. The van der Waals surface area contributed by atoms with Crippen molar-refractivity contribution < 1.29 is 4.79 Å². The number of nitrogens with one attached hydrogen (secondary N) is 1. The van der Waals surface area contributed by atoms with E-state index in [-0.39, 0.29) is 5.91 Å². The van der Waals surface area contributed by atoms with E-state index in [1.807, 2.05) is 11.0 Å². The van der Waals surface area contributed by atoms with E-state index in [1.54, 1.807) is 6.92 Å². The number of halogens is 1. The van der Waals surface area contributed by atoms with Crippen LogP contribution in [0.5, 0.6) is 0 Å². The van der Waals surface area contributed by atoms with Gasteiger partial charge in [-0.25, -0.2) is 0 Å². The molecule has 1 aliphatic heterocycles. The Morgan fingerprint density at radius 3 is 2.76 bits per heavy atom. The Morgan fingerprint density at radius 1 is 1.29 bits per heavy atom. The molecule has 0 radical (unpaired) electrons. The van der Waals surface area contributed by atoms with Gasteiger partial charge in [0.1, 0.15) is 0 Å². The number of amides is 1. The lowest BCUT2D eigenvalue weighted by Gasteiger charge is -2.24. The zero-order valence-electron chi connectivity index (χ0n) is 12.9. The Morgan fingerprint density at radius 2 is 2.10 bits per heavy atom. The summed E-state index contributed by atoms with van der Waals surface area (Å²) in [5.41, 5.74) is 2.27. The van der Waals surface area contributed by atoms with Gasteiger partial charge in [-0.05, 0) is 30.7 Å². The van der Waals surface area contributed by atoms with Gasteiger partial charge in [0.05, 0.1) is 10.7 Å². The Hall–Kier alpha value is -1.26. The van der Waals surface area contributed by atoms with Crippen LogP contribution in [0.3, 0.4) is 0 Å². The van der Waals surface area contributed by atoms with Crippen molar-refractivity contribution in [3.63, 3.8) is 0 Å². The van der Waals surface area contributed by atoms with Crippen LogP contribution in [0.4, 0.5) is 5.69 Å². The standard InChI is InChI=1S/C16H24ClN3O/c1-3-18-12-14-5-6-16(15(17)11-14)20-8-4-7-19(9-10-20)13(2)21/h5-6,11,18H,3-4,7-10,12H2,1-2H3. The molecule has 2 rings (SSSR count). The van der Waals surface area contributed by atoms with Crippen LogP contribution in [0.25, 0.3) is 0 Å². The number of anilines is 1. The molecule has 1 aliphatic rings. The zero-order chi connectivity index (χ0) is 15.2. The van der Waals surface area contributed by atoms with Crippen LogP contribution in [0.15, 0.2) is 18.2 Å². The second-order valence-electron chi connectivity index (χ2n) is 5.41. The molecule has 0 aliphatic carbocycles. The van der Waals surface area contributed by atoms with Crippen molar-refractivity contribution >= 4 is 23.2 Å². The topological polar surface area (TPSA) is 35.6 Å². The van der Waals surface area contributed by atoms with Gasteiger partial charge < -0.3 is 15.1 Å². The van der Waals surface area contributed by atoms with Gasteiger partial charge in [-0.3, -0.25) is 4.79 Å². The first-order valence-corrected chi connectivity index (χ1v) is 7.99. The molecule has 1 fully saturated rings. The van der Waals surface area contributed by atoms with Crippen molar-refractivity contribution in [3.05, 3.63) is 28.8 Å². The lowest BCUT2D eigenvalue weighted by molar-refractivity contribution is -0.128. The van der Waals surface area contributed by atoms with Crippen molar-refractivity contribution in [3.8, 4) is 0 Å². The highest BCUT2D eigenvalue weighted by molar-refractivity contribution is 6.33. The first-order valence-electron chi connectivity index (χ1n) is 7.61. The largest absolute Gasteiger partial charge is 0.368 e. The SMILES string of the molecule is CCNCc1ccc(N2CCCN(C(C)=O)CC2)c(Cl)c1. The van der Waals surface area contributed by atoms with E-state index >= 15 is 0 Å². The van der Waals surface area contributed by atoms with Crippen molar-refractivity contribution in [2.45, 2.75) is 26.8 Å². The molecular weight excluding hydrogens is 286 g/mol. The first kappa shape index (κ1) is 16.1. The maximum Gasteiger partial charge on any atom is 0.219 e. The third-order valence-electron chi connectivity index (χ3n) is 3.87. The molecule has 4 nitrogen and oxygen atoms in total.